The van der Waals surface area contributed by atoms with Crippen LogP contribution >= 0.6 is 0 Å². The van der Waals surface area contributed by atoms with Gasteiger partial charge in [0.1, 0.15) is 0 Å². The fraction of sp³-hybridized carbons (Fsp3) is 0.458. The summed E-state index contributed by atoms with van der Waals surface area (Å²) in [6.45, 7) is 25.6. The molecule has 6 atom stereocenters. The summed E-state index contributed by atoms with van der Waals surface area (Å²) in [4.78, 5) is 26.1. The van der Waals surface area contributed by atoms with E-state index in [1.807, 2.05) is 41.5 Å². The average molecular weight is 869 g/mol. The summed E-state index contributed by atoms with van der Waals surface area (Å²) in [6.07, 6.45) is 2.86. The van der Waals surface area contributed by atoms with Gasteiger partial charge in [0.15, 0.2) is 11.6 Å². The van der Waals surface area contributed by atoms with Crippen molar-refractivity contribution in [2.75, 3.05) is 0 Å². The third-order valence-corrected chi connectivity index (χ3v) is 19.5. The van der Waals surface area contributed by atoms with Gasteiger partial charge in [-0.2, -0.15) is 0 Å². The molecule has 4 aromatic carbocycles. The van der Waals surface area contributed by atoms with Gasteiger partial charge >= 0.3 is 0 Å². The molecule has 4 aliphatic carbocycles. The van der Waals surface area contributed by atoms with Gasteiger partial charge < -0.3 is 5.48 Å². The number of benzene rings is 4. The smallest absolute Gasteiger partial charge is 0.155 e. The molecule has 11 heteroatoms. The molecular formula is C48H64N2O5S2Si2. The van der Waals surface area contributed by atoms with Crippen LogP contribution in [0.4, 0.5) is 0 Å². The molecule has 4 aliphatic rings. The van der Waals surface area contributed by atoms with E-state index in [0.717, 1.165) is 23.2 Å². The molecule has 0 saturated heterocycles. The summed E-state index contributed by atoms with van der Waals surface area (Å²) in [5, 5.41) is 7.03. The zero-order valence-electron chi connectivity index (χ0n) is 37.0. The number of hydrogen-bond donors (Lipinski definition) is 2. The van der Waals surface area contributed by atoms with E-state index in [9.17, 15) is 18.0 Å². The van der Waals surface area contributed by atoms with Gasteiger partial charge in [-0.3, -0.25) is 9.59 Å². The van der Waals surface area contributed by atoms with E-state index in [0.29, 0.717) is 24.4 Å². The molecule has 0 aliphatic heterocycles. The van der Waals surface area contributed by atoms with Gasteiger partial charge in [-0.05, 0) is 132 Å². The highest BCUT2D eigenvalue weighted by molar-refractivity contribution is 7.84. The van der Waals surface area contributed by atoms with Crippen molar-refractivity contribution in [3.05, 3.63) is 105 Å². The Kier molecular flexibility index (Phi) is 12.5. The summed E-state index contributed by atoms with van der Waals surface area (Å²) in [5.74, 6) is 1.13. The monoisotopic (exact) mass is 868 g/mol. The third-order valence-electron chi connectivity index (χ3n) is 12.1. The van der Waals surface area contributed by atoms with Crippen LogP contribution in [0.2, 0.25) is 39.3 Å². The Morgan fingerprint density at radius 2 is 0.881 bits per heavy atom. The van der Waals surface area contributed by atoms with E-state index in [4.69, 9.17) is 0 Å². The highest BCUT2D eigenvalue weighted by Gasteiger charge is 2.46. The Morgan fingerprint density at radius 3 is 1.20 bits per heavy atom. The fourth-order valence-corrected chi connectivity index (χ4v) is 15.6. The van der Waals surface area contributed by atoms with Crippen molar-refractivity contribution < 1.29 is 23.5 Å². The molecule has 0 bridgehead atoms. The summed E-state index contributed by atoms with van der Waals surface area (Å²) < 4.78 is 32.2. The van der Waals surface area contributed by atoms with Crippen molar-refractivity contribution in [1.82, 2.24) is 9.44 Å². The second-order valence-electron chi connectivity index (χ2n) is 20.8. The van der Waals surface area contributed by atoms with Crippen molar-refractivity contribution in [3.8, 4) is 0 Å². The maximum absolute atomic E-state index is 13.0. The van der Waals surface area contributed by atoms with Crippen LogP contribution in [0.25, 0.3) is 32.7 Å². The second-order valence-corrected chi connectivity index (χ2v) is 34.8. The van der Waals surface area contributed by atoms with E-state index in [1.54, 1.807) is 0 Å². The van der Waals surface area contributed by atoms with Crippen LogP contribution in [0, 0.1) is 11.8 Å². The molecule has 0 amide bonds. The molecule has 0 saturated carbocycles. The van der Waals surface area contributed by atoms with Gasteiger partial charge in [0.05, 0.1) is 47.6 Å². The van der Waals surface area contributed by atoms with E-state index in [1.165, 1.54) is 54.9 Å². The van der Waals surface area contributed by atoms with E-state index in [2.05, 4.69) is 122 Å². The average Bonchev–Trinajstić information content (AvgIpc) is 3.66. The largest absolute Gasteiger partial charge is 0.412 e. The van der Waals surface area contributed by atoms with Gasteiger partial charge in [0.2, 0.25) is 0 Å². The number of rotatable bonds is 6. The maximum atomic E-state index is 13.0. The van der Waals surface area contributed by atoms with Gasteiger partial charge in [0.25, 0.3) is 0 Å². The quantitative estimate of drug-likeness (QED) is 0.187. The van der Waals surface area contributed by atoms with Crippen molar-refractivity contribution in [1.29, 1.82) is 0 Å². The number of Topliss-reactive ketones (excluding diaryl/α,β-unsaturated/α-hetero) is 2. The molecule has 0 spiro atoms. The molecule has 0 heterocycles. The van der Waals surface area contributed by atoms with Gasteiger partial charge in [-0.1, -0.05) is 112 Å². The molecule has 0 radical (unpaired) electrons. The maximum Gasteiger partial charge on any atom is 0.155 e. The minimum atomic E-state index is -1.77. The molecule has 0 unspecified atom stereocenters. The Hall–Kier alpha value is -3.17. The molecule has 316 valence electrons. The lowest BCUT2D eigenvalue weighted by atomic mass is 9.76. The predicted molar refractivity (Wildman–Crippen MR) is 255 cm³/mol. The minimum absolute atomic E-state index is 0. The first-order valence-corrected chi connectivity index (χ1v) is 30.2. The standard InChI is InChI=1S/2C24H31NO2SSi.H2O/c2*1-24(2,3)28(27)25-19-13-16-14-20(26)23(29(4,5)6)21(16)18-12-11-15-9-7-8-10-17(15)22(18)19;/h2*7-12,16,19,25H,13-14H2,1-6H3;1H2/t2*16-,19+,28-;/m11./s1. The van der Waals surface area contributed by atoms with Gasteiger partial charge in [-0.25, -0.2) is 17.9 Å². The van der Waals surface area contributed by atoms with Crippen molar-refractivity contribution in [2.45, 2.75) is 128 Å². The van der Waals surface area contributed by atoms with Crippen LogP contribution in [-0.4, -0.2) is 51.1 Å². The fourth-order valence-electron chi connectivity index (χ4n) is 9.76. The van der Waals surface area contributed by atoms with E-state index < -0.39 is 38.1 Å². The third kappa shape index (κ3) is 8.67. The second kappa shape index (κ2) is 16.3. The Bertz CT molecular complexity index is 2290. The van der Waals surface area contributed by atoms with Crippen LogP contribution in [0.1, 0.15) is 102 Å². The topological polar surface area (TPSA) is 124 Å². The Morgan fingerprint density at radius 1 is 0.542 bits per heavy atom. The number of fused-ring (bicyclic) bond motifs is 10. The van der Waals surface area contributed by atoms with Gasteiger partial charge in [0, 0.05) is 24.9 Å². The number of allylic oxidation sites excluding steroid dienone is 4. The first kappa shape index (κ1) is 45.4. The summed E-state index contributed by atoms with van der Waals surface area (Å²) in [7, 11) is -5.87. The van der Waals surface area contributed by atoms with Crippen molar-refractivity contribution in [3.63, 3.8) is 0 Å². The van der Waals surface area contributed by atoms with Crippen LogP contribution in [0.5, 0.6) is 0 Å². The number of hydrogen-bond acceptors (Lipinski definition) is 4. The lowest BCUT2D eigenvalue weighted by Crippen LogP contribution is -2.38. The zero-order valence-corrected chi connectivity index (χ0v) is 40.6. The molecule has 59 heavy (non-hydrogen) atoms. The van der Waals surface area contributed by atoms with Crippen LogP contribution in [-0.2, 0) is 31.6 Å². The van der Waals surface area contributed by atoms with Crippen molar-refractivity contribution >= 4 is 82.4 Å². The molecule has 0 fully saturated rings. The molecule has 4 aromatic rings. The molecular weight excluding hydrogens is 805 g/mol. The van der Waals surface area contributed by atoms with Gasteiger partial charge in [-0.15, -0.1) is 0 Å². The Balaban J connectivity index is 0.000000195. The first-order valence-electron chi connectivity index (χ1n) is 20.9. The number of carbonyl (C=O) groups excluding carboxylic acids is 2. The number of ketones is 2. The highest BCUT2D eigenvalue weighted by Crippen LogP contribution is 2.53. The summed E-state index contributed by atoms with van der Waals surface area (Å²) in [6, 6.07) is 25.6. The minimum Gasteiger partial charge on any atom is -0.412 e. The van der Waals surface area contributed by atoms with Crippen LogP contribution in [0.15, 0.2) is 83.2 Å². The predicted octanol–water partition coefficient (Wildman–Crippen LogP) is 10.3. The number of carbonyl (C=O) groups is 2. The Labute approximate surface area is 358 Å². The molecule has 8 rings (SSSR count). The lowest BCUT2D eigenvalue weighted by Gasteiger charge is -2.35. The highest BCUT2D eigenvalue weighted by atomic mass is 32.2. The number of nitrogens with one attached hydrogen (secondary N) is 2. The van der Waals surface area contributed by atoms with E-state index >= 15 is 0 Å². The van der Waals surface area contributed by atoms with Crippen molar-refractivity contribution in [2.24, 2.45) is 11.8 Å². The van der Waals surface area contributed by atoms with Crippen LogP contribution in [0.3, 0.4) is 0 Å². The normalized spacial score (nSPS) is 22.9. The van der Waals surface area contributed by atoms with E-state index in [-0.39, 0.29) is 38.9 Å². The SMILES string of the molecule is CC(C)(C)[S@@](=O)N[C@H]1C[C@@H]2CC(=O)C([Si](C)(C)C)=C2c2ccc3ccccc3c21.CC(C)(C)[S@@](=O)N[C@H]1C[C@@H]2CC(=O)C([Si](C)(C)C)=C2c2ccc3ccccc3c21.O. The lowest BCUT2D eigenvalue weighted by molar-refractivity contribution is -0.115. The summed E-state index contributed by atoms with van der Waals surface area (Å²) in [5.41, 5.74) is 7.41. The molecule has 0 aromatic heterocycles. The zero-order chi connectivity index (χ0) is 42.3. The molecule has 4 N–H and O–H groups in total. The first-order chi connectivity index (χ1) is 27.0. The summed E-state index contributed by atoms with van der Waals surface area (Å²) >= 11 is 0. The van der Waals surface area contributed by atoms with Crippen LogP contribution < -0.4 is 9.44 Å². The molecule has 7 nitrogen and oxygen atoms in total.